The number of hydrogen-bond donors (Lipinski definition) is 2. The Morgan fingerprint density at radius 3 is 2.27 bits per heavy atom. The average molecular weight is 214 g/mol. The van der Waals surface area contributed by atoms with Crippen LogP contribution in [0.2, 0.25) is 0 Å². The summed E-state index contributed by atoms with van der Waals surface area (Å²) in [7, 11) is 0. The summed E-state index contributed by atoms with van der Waals surface area (Å²) in [6.07, 6.45) is 0. The fourth-order valence-electron chi connectivity index (χ4n) is 1.45. The highest BCUT2D eigenvalue weighted by Crippen LogP contribution is 2.33. The Morgan fingerprint density at radius 2 is 1.80 bits per heavy atom. The van der Waals surface area contributed by atoms with Crippen LogP contribution in [0.4, 0.5) is 14.5 Å². The third kappa shape index (κ3) is 1.95. The first-order valence-corrected chi connectivity index (χ1v) is 4.78. The molecule has 0 saturated heterocycles. The van der Waals surface area contributed by atoms with Crippen LogP contribution in [-0.2, 0) is 5.41 Å². The lowest BCUT2D eigenvalue weighted by Crippen LogP contribution is -2.39. The number of rotatable bonds is 2. The zero-order chi connectivity index (χ0) is 11.8. The molecule has 4 heteroatoms. The summed E-state index contributed by atoms with van der Waals surface area (Å²) >= 11 is 0. The maximum atomic E-state index is 13.6. The molecule has 0 aliphatic rings. The van der Waals surface area contributed by atoms with E-state index in [-0.39, 0.29) is 17.3 Å². The number of nitrogens with two attached hydrogens (primary N) is 2. The molecule has 0 aliphatic heterocycles. The minimum absolute atomic E-state index is 0.150. The van der Waals surface area contributed by atoms with Gasteiger partial charge in [-0.25, -0.2) is 8.78 Å². The molecule has 0 spiro atoms. The fourth-order valence-corrected chi connectivity index (χ4v) is 1.45. The zero-order valence-electron chi connectivity index (χ0n) is 9.14. The Kier molecular flexibility index (Phi) is 3.00. The van der Waals surface area contributed by atoms with Crippen molar-refractivity contribution in [3.63, 3.8) is 0 Å². The molecule has 1 aromatic carbocycles. The SMILES string of the molecule is CC(N)C(C)(C)c1c(N)ccc(F)c1F. The molecule has 0 aliphatic carbocycles. The van der Waals surface area contributed by atoms with Crippen molar-refractivity contribution in [2.45, 2.75) is 32.2 Å². The van der Waals surface area contributed by atoms with Crippen molar-refractivity contribution in [2.24, 2.45) is 5.73 Å². The molecule has 0 heterocycles. The summed E-state index contributed by atoms with van der Waals surface area (Å²) in [6.45, 7) is 5.22. The summed E-state index contributed by atoms with van der Waals surface area (Å²) in [4.78, 5) is 0. The van der Waals surface area contributed by atoms with E-state index in [1.807, 2.05) is 0 Å². The smallest absolute Gasteiger partial charge is 0.164 e. The van der Waals surface area contributed by atoms with Crippen LogP contribution in [0.1, 0.15) is 26.3 Å². The van der Waals surface area contributed by atoms with Crippen molar-refractivity contribution in [3.8, 4) is 0 Å². The highest BCUT2D eigenvalue weighted by Gasteiger charge is 2.31. The van der Waals surface area contributed by atoms with Gasteiger partial charge in [-0.05, 0) is 19.1 Å². The van der Waals surface area contributed by atoms with Gasteiger partial charge in [0.15, 0.2) is 11.6 Å². The molecular weight excluding hydrogens is 198 g/mol. The van der Waals surface area contributed by atoms with Gasteiger partial charge in [-0.2, -0.15) is 0 Å². The van der Waals surface area contributed by atoms with Crippen molar-refractivity contribution in [3.05, 3.63) is 29.3 Å². The first-order chi connectivity index (χ1) is 6.78. The van der Waals surface area contributed by atoms with Crippen LogP contribution in [0.5, 0.6) is 0 Å². The van der Waals surface area contributed by atoms with Crippen LogP contribution in [-0.4, -0.2) is 6.04 Å². The molecule has 84 valence electrons. The van der Waals surface area contributed by atoms with Gasteiger partial charge >= 0.3 is 0 Å². The predicted molar refractivity (Wildman–Crippen MR) is 57.4 cm³/mol. The molecule has 0 fully saturated rings. The van der Waals surface area contributed by atoms with Crippen LogP contribution in [0.15, 0.2) is 12.1 Å². The largest absolute Gasteiger partial charge is 0.398 e. The van der Waals surface area contributed by atoms with Crippen molar-refractivity contribution < 1.29 is 8.78 Å². The monoisotopic (exact) mass is 214 g/mol. The highest BCUT2D eigenvalue weighted by atomic mass is 19.2. The van der Waals surface area contributed by atoms with Gasteiger partial charge < -0.3 is 11.5 Å². The lowest BCUT2D eigenvalue weighted by Gasteiger charge is -2.31. The first-order valence-electron chi connectivity index (χ1n) is 4.78. The summed E-state index contributed by atoms with van der Waals surface area (Å²) in [5.41, 5.74) is 11.1. The quantitative estimate of drug-likeness (QED) is 0.741. The van der Waals surface area contributed by atoms with Gasteiger partial charge in [0.25, 0.3) is 0 Å². The van der Waals surface area contributed by atoms with Crippen molar-refractivity contribution in [2.75, 3.05) is 5.73 Å². The van der Waals surface area contributed by atoms with E-state index < -0.39 is 17.0 Å². The lowest BCUT2D eigenvalue weighted by atomic mass is 9.77. The fraction of sp³-hybridized carbons (Fsp3) is 0.455. The molecule has 4 N–H and O–H groups in total. The Labute approximate surface area is 88.3 Å². The van der Waals surface area contributed by atoms with Crippen LogP contribution in [0.3, 0.4) is 0 Å². The maximum absolute atomic E-state index is 13.6. The standard InChI is InChI=1S/C11H16F2N2/c1-6(14)11(2,3)9-8(15)5-4-7(12)10(9)13/h4-6H,14-15H2,1-3H3. The van der Waals surface area contributed by atoms with Crippen molar-refractivity contribution >= 4 is 5.69 Å². The summed E-state index contributed by atoms with van der Waals surface area (Å²) in [6, 6.07) is 2.06. The molecule has 0 aromatic heterocycles. The zero-order valence-corrected chi connectivity index (χ0v) is 9.14. The molecule has 1 aromatic rings. The van der Waals surface area contributed by atoms with Crippen LogP contribution in [0.25, 0.3) is 0 Å². The van der Waals surface area contributed by atoms with E-state index in [1.165, 1.54) is 6.07 Å². The third-order valence-electron chi connectivity index (χ3n) is 2.91. The molecule has 2 nitrogen and oxygen atoms in total. The molecule has 0 radical (unpaired) electrons. The molecule has 15 heavy (non-hydrogen) atoms. The van der Waals surface area contributed by atoms with Gasteiger partial charge in [-0.1, -0.05) is 13.8 Å². The maximum Gasteiger partial charge on any atom is 0.164 e. The molecule has 0 amide bonds. The Morgan fingerprint density at radius 1 is 1.27 bits per heavy atom. The van der Waals surface area contributed by atoms with E-state index in [4.69, 9.17) is 11.5 Å². The molecule has 1 atom stereocenters. The molecule has 0 bridgehead atoms. The normalized spacial score (nSPS) is 14.0. The summed E-state index contributed by atoms with van der Waals surface area (Å²) in [5, 5.41) is 0. The van der Waals surface area contributed by atoms with Crippen molar-refractivity contribution in [1.29, 1.82) is 0 Å². The van der Waals surface area contributed by atoms with E-state index in [0.29, 0.717) is 0 Å². The number of anilines is 1. The average Bonchev–Trinajstić information content (AvgIpc) is 2.11. The van der Waals surface area contributed by atoms with Gasteiger partial charge in [0, 0.05) is 22.7 Å². The number of benzene rings is 1. The van der Waals surface area contributed by atoms with Gasteiger partial charge in [0.05, 0.1) is 0 Å². The van der Waals surface area contributed by atoms with Gasteiger partial charge in [-0.3, -0.25) is 0 Å². The van der Waals surface area contributed by atoms with Gasteiger partial charge in [0.1, 0.15) is 0 Å². The number of halogens is 2. The predicted octanol–water partition coefficient (Wildman–Crippen LogP) is 2.17. The summed E-state index contributed by atoms with van der Waals surface area (Å²) in [5.74, 6) is -1.80. The number of hydrogen-bond acceptors (Lipinski definition) is 2. The van der Waals surface area contributed by atoms with Gasteiger partial charge in [0.2, 0.25) is 0 Å². The topological polar surface area (TPSA) is 52.0 Å². The molecular formula is C11H16F2N2. The van der Waals surface area contributed by atoms with Gasteiger partial charge in [-0.15, -0.1) is 0 Å². The van der Waals surface area contributed by atoms with Crippen LogP contribution in [0, 0.1) is 11.6 Å². The Bertz CT molecular complexity index is 373. The first kappa shape index (κ1) is 11.9. The van der Waals surface area contributed by atoms with E-state index in [2.05, 4.69) is 0 Å². The number of nitrogen functional groups attached to an aromatic ring is 1. The minimum Gasteiger partial charge on any atom is -0.398 e. The minimum atomic E-state index is -0.905. The van der Waals surface area contributed by atoms with E-state index in [1.54, 1.807) is 20.8 Å². The second kappa shape index (κ2) is 3.77. The second-order valence-electron chi connectivity index (χ2n) is 4.34. The van der Waals surface area contributed by atoms with Crippen LogP contribution >= 0.6 is 0 Å². The summed E-state index contributed by atoms with van der Waals surface area (Å²) < 4.78 is 26.7. The Balaban J connectivity index is 3.42. The van der Waals surface area contributed by atoms with E-state index >= 15 is 0 Å². The molecule has 1 unspecified atom stereocenters. The third-order valence-corrected chi connectivity index (χ3v) is 2.91. The highest BCUT2D eigenvalue weighted by molar-refractivity contribution is 5.52. The molecule has 1 rings (SSSR count). The van der Waals surface area contributed by atoms with Crippen molar-refractivity contribution in [1.82, 2.24) is 0 Å². The van der Waals surface area contributed by atoms with E-state index in [9.17, 15) is 8.78 Å². The Hall–Kier alpha value is -1.16. The lowest BCUT2D eigenvalue weighted by molar-refractivity contribution is 0.399. The van der Waals surface area contributed by atoms with Crippen LogP contribution < -0.4 is 11.5 Å². The van der Waals surface area contributed by atoms with E-state index in [0.717, 1.165) is 6.07 Å². The second-order valence-corrected chi connectivity index (χ2v) is 4.34. The molecule has 0 saturated carbocycles.